The number of likely N-dealkylation sites (N-methyl/N-ethyl adjacent to an activating group) is 1. The van der Waals surface area contributed by atoms with Gasteiger partial charge in [0.1, 0.15) is 11.3 Å². The number of nitrogens with two attached hydrogens (primary N) is 1. The van der Waals surface area contributed by atoms with E-state index < -0.39 is 18.1 Å². The first kappa shape index (κ1) is 17.6. The quantitative estimate of drug-likeness (QED) is 0.854. The fraction of sp³-hybridized carbons (Fsp3) is 0.533. The third kappa shape index (κ3) is 3.94. The molecule has 0 radical (unpaired) electrons. The van der Waals surface area contributed by atoms with Crippen LogP contribution in [-0.4, -0.2) is 51.0 Å². The van der Waals surface area contributed by atoms with E-state index in [1.165, 1.54) is 6.07 Å². The number of hydrogen-bond donors (Lipinski definition) is 1. The Labute approximate surface area is 132 Å². The van der Waals surface area contributed by atoms with Gasteiger partial charge in [0.25, 0.3) is 0 Å². The van der Waals surface area contributed by atoms with Gasteiger partial charge in [-0.15, -0.1) is 13.2 Å². The lowest BCUT2D eigenvalue weighted by Gasteiger charge is -2.22. The Balaban J connectivity index is 2.50. The Morgan fingerprint density at radius 2 is 2.09 bits per heavy atom. The van der Waals surface area contributed by atoms with E-state index in [9.17, 15) is 18.0 Å². The standard InChI is InChI=1S/C15H19F3N2O3/c1-20-7-9(6-19)11(8-20)10-4-3-5-12(23-15(16,17)18)13(10)14(21)22-2/h3-5,9,11H,6-8,19H2,1-2H3. The molecule has 0 aromatic heterocycles. The van der Waals surface area contributed by atoms with Gasteiger partial charge in [0, 0.05) is 19.0 Å². The zero-order valence-electron chi connectivity index (χ0n) is 12.9. The summed E-state index contributed by atoms with van der Waals surface area (Å²) in [6.45, 7) is 1.69. The van der Waals surface area contributed by atoms with Crippen molar-refractivity contribution in [2.75, 3.05) is 33.8 Å². The van der Waals surface area contributed by atoms with E-state index in [1.54, 1.807) is 6.07 Å². The predicted molar refractivity (Wildman–Crippen MR) is 77.2 cm³/mol. The number of methoxy groups -OCH3 is 1. The monoisotopic (exact) mass is 332 g/mol. The highest BCUT2D eigenvalue weighted by atomic mass is 19.4. The van der Waals surface area contributed by atoms with Crippen molar-refractivity contribution < 1.29 is 27.4 Å². The molecule has 2 rings (SSSR count). The number of benzene rings is 1. The molecule has 2 atom stereocenters. The van der Waals surface area contributed by atoms with Crippen LogP contribution in [0, 0.1) is 5.92 Å². The second kappa shape index (κ2) is 6.76. The third-order valence-corrected chi connectivity index (χ3v) is 4.00. The van der Waals surface area contributed by atoms with Gasteiger partial charge in [-0.25, -0.2) is 4.79 Å². The molecule has 0 saturated carbocycles. The smallest absolute Gasteiger partial charge is 0.465 e. The fourth-order valence-electron chi connectivity index (χ4n) is 3.07. The van der Waals surface area contributed by atoms with Gasteiger partial charge in [0.2, 0.25) is 0 Å². The number of alkyl halides is 3. The Hall–Kier alpha value is -1.80. The summed E-state index contributed by atoms with van der Waals surface area (Å²) in [6.07, 6.45) is -4.89. The van der Waals surface area contributed by atoms with E-state index in [0.717, 1.165) is 13.2 Å². The Morgan fingerprint density at radius 3 is 2.65 bits per heavy atom. The number of nitrogens with zero attached hydrogens (tertiary/aromatic N) is 1. The molecule has 8 heteroatoms. The molecule has 128 valence electrons. The average Bonchev–Trinajstić information content (AvgIpc) is 2.85. The molecule has 1 aliphatic heterocycles. The first-order valence-electron chi connectivity index (χ1n) is 7.12. The number of rotatable bonds is 4. The lowest BCUT2D eigenvalue weighted by molar-refractivity contribution is -0.274. The maximum atomic E-state index is 12.6. The Morgan fingerprint density at radius 1 is 1.39 bits per heavy atom. The lowest BCUT2D eigenvalue weighted by atomic mass is 9.86. The summed E-state index contributed by atoms with van der Waals surface area (Å²) < 4.78 is 46.5. The summed E-state index contributed by atoms with van der Waals surface area (Å²) in [5, 5.41) is 0. The second-order valence-corrected chi connectivity index (χ2v) is 5.58. The SMILES string of the molecule is COC(=O)c1c(OC(F)(F)F)cccc1C1CN(C)CC1CN. The van der Waals surface area contributed by atoms with Gasteiger partial charge in [-0.1, -0.05) is 12.1 Å². The van der Waals surface area contributed by atoms with Crippen LogP contribution in [0.5, 0.6) is 5.75 Å². The molecule has 0 bridgehead atoms. The van der Waals surface area contributed by atoms with E-state index in [-0.39, 0.29) is 17.4 Å². The zero-order chi connectivity index (χ0) is 17.2. The van der Waals surface area contributed by atoms with Gasteiger partial charge in [-0.3, -0.25) is 0 Å². The van der Waals surface area contributed by atoms with Crippen LogP contribution in [0.1, 0.15) is 21.8 Å². The molecule has 0 amide bonds. The molecule has 1 aromatic carbocycles. The molecule has 2 N–H and O–H groups in total. The van der Waals surface area contributed by atoms with Crippen molar-refractivity contribution in [1.82, 2.24) is 4.90 Å². The van der Waals surface area contributed by atoms with Crippen molar-refractivity contribution in [3.05, 3.63) is 29.3 Å². The molecule has 1 saturated heterocycles. The van der Waals surface area contributed by atoms with Crippen molar-refractivity contribution >= 4 is 5.97 Å². The third-order valence-electron chi connectivity index (χ3n) is 4.00. The average molecular weight is 332 g/mol. The number of esters is 1. The lowest BCUT2D eigenvalue weighted by Crippen LogP contribution is -2.24. The van der Waals surface area contributed by atoms with Crippen molar-refractivity contribution in [2.45, 2.75) is 12.3 Å². The highest BCUT2D eigenvalue weighted by molar-refractivity contribution is 5.94. The largest absolute Gasteiger partial charge is 0.573 e. The normalized spacial score (nSPS) is 22.2. The predicted octanol–water partition coefficient (Wildman–Crippen LogP) is 1.98. The van der Waals surface area contributed by atoms with Gasteiger partial charge in [-0.05, 0) is 31.1 Å². The number of ether oxygens (including phenoxy) is 2. The minimum absolute atomic E-state index is 0.0459. The number of likely N-dealkylation sites (tertiary alicyclic amines) is 1. The number of carbonyl (C=O) groups excluding carboxylic acids is 1. The molecule has 23 heavy (non-hydrogen) atoms. The van der Waals surface area contributed by atoms with E-state index >= 15 is 0 Å². The number of carbonyl (C=O) groups is 1. The molecule has 0 spiro atoms. The molecule has 2 unspecified atom stereocenters. The van der Waals surface area contributed by atoms with E-state index in [4.69, 9.17) is 5.73 Å². The molecular weight excluding hydrogens is 313 g/mol. The maximum Gasteiger partial charge on any atom is 0.573 e. The van der Waals surface area contributed by atoms with E-state index in [2.05, 4.69) is 9.47 Å². The maximum absolute atomic E-state index is 12.6. The summed E-state index contributed by atoms with van der Waals surface area (Å²) in [6, 6.07) is 4.18. The van der Waals surface area contributed by atoms with Gasteiger partial charge < -0.3 is 20.1 Å². The van der Waals surface area contributed by atoms with Gasteiger partial charge in [0.05, 0.1) is 7.11 Å². The first-order chi connectivity index (χ1) is 10.8. The highest BCUT2D eigenvalue weighted by Gasteiger charge is 2.37. The summed E-state index contributed by atoms with van der Waals surface area (Å²) >= 11 is 0. The van der Waals surface area contributed by atoms with Gasteiger partial charge >= 0.3 is 12.3 Å². The molecule has 1 aliphatic rings. The minimum Gasteiger partial charge on any atom is -0.465 e. The van der Waals surface area contributed by atoms with Crippen molar-refractivity contribution in [1.29, 1.82) is 0 Å². The summed E-state index contributed by atoms with van der Waals surface area (Å²) in [4.78, 5) is 14.1. The topological polar surface area (TPSA) is 64.8 Å². The van der Waals surface area contributed by atoms with Gasteiger partial charge in [0.15, 0.2) is 0 Å². The molecule has 0 aliphatic carbocycles. The van der Waals surface area contributed by atoms with Crippen LogP contribution < -0.4 is 10.5 Å². The summed E-state index contributed by atoms with van der Waals surface area (Å²) in [5.74, 6) is -1.52. The molecule has 1 heterocycles. The van der Waals surface area contributed by atoms with Gasteiger partial charge in [-0.2, -0.15) is 0 Å². The number of hydrogen-bond acceptors (Lipinski definition) is 5. The fourth-order valence-corrected chi connectivity index (χ4v) is 3.07. The highest BCUT2D eigenvalue weighted by Crippen LogP contribution is 2.38. The van der Waals surface area contributed by atoms with Crippen molar-refractivity contribution in [3.8, 4) is 5.75 Å². The molecule has 1 fully saturated rings. The Bertz CT molecular complexity index is 578. The Kier molecular flexibility index (Phi) is 5.16. The molecule has 5 nitrogen and oxygen atoms in total. The zero-order valence-corrected chi connectivity index (χ0v) is 12.9. The van der Waals surface area contributed by atoms with Crippen molar-refractivity contribution in [2.24, 2.45) is 11.7 Å². The van der Waals surface area contributed by atoms with Crippen LogP contribution in [0.3, 0.4) is 0 Å². The summed E-state index contributed by atoms with van der Waals surface area (Å²) in [7, 11) is 3.02. The van der Waals surface area contributed by atoms with Crippen LogP contribution >= 0.6 is 0 Å². The van der Waals surface area contributed by atoms with Crippen LogP contribution in [0.15, 0.2) is 18.2 Å². The van der Waals surface area contributed by atoms with Crippen LogP contribution in [0.4, 0.5) is 13.2 Å². The van der Waals surface area contributed by atoms with E-state index in [0.29, 0.717) is 25.2 Å². The first-order valence-corrected chi connectivity index (χ1v) is 7.12. The minimum atomic E-state index is -4.89. The molecule has 1 aromatic rings. The van der Waals surface area contributed by atoms with Crippen LogP contribution in [0.25, 0.3) is 0 Å². The van der Waals surface area contributed by atoms with E-state index in [1.807, 2.05) is 11.9 Å². The summed E-state index contributed by atoms with van der Waals surface area (Å²) in [5.41, 5.74) is 6.05. The molecular formula is C15H19F3N2O3. The number of halogens is 3. The van der Waals surface area contributed by atoms with Crippen LogP contribution in [-0.2, 0) is 4.74 Å². The van der Waals surface area contributed by atoms with Crippen LogP contribution in [0.2, 0.25) is 0 Å². The second-order valence-electron chi connectivity index (χ2n) is 5.58. The van der Waals surface area contributed by atoms with Crippen molar-refractivity contribution in [3.63, 3.8) is 0 Å².